The first-order chi connectivity index (χ1) is 17.8. The van der Waals surface area contributed by atoms with Crippen molar-refractivity contribution in [1.29, 1.82) is 0 Å². The normalized spacial score (nSPS) is 45.8. The van der Waals surface area contributed by atoms with Crippen molar-refractivity contribution in [3.63, 3.8) is 0 Å². The van der Waals surface area contributed by atoms with Gasteiger partial charge in [0.05, 0.1) is 31.5 Å². The zero-order chi connectivity index (χ0) is 25.9. The first kappa shape index (κ1) is 26.2. The number of nitrogens with zero attached hydrogens (tertiary/aromatic N) is 1. The predicted molar refractivity (Wildman–Crippen MR) is 145 cm³/mol. The SMILES string of the molecule is CC1=C2C[C@H]3C(CCC4=CC(=O)CC[C@@]43C)[C@@H]2CC[C@@]2(C1)O[C@@H]1C[C@H](C)CN(CCOCCO)[C@H]1[C@H]2C. The molecule has 0 aromatic carbocycles. The number of aliphatic hydroxyl groups excluding tert-OH is 1. The molecule has 37 heavy (non-hydrogen) atoms. The molecule has 206 valence electrons. The fraction of sp³-hybridized carbons (Fsp3) is 0.844. The number of fused-ring (bicyclic) bond motifs is 6. The van der Waals surface area contributed by atoms with Gasteiger partial charge in [-0.2, -0.15) is 0 Å². The molecular formula is C32H49NO4. The first-order valence-electron chi connectivity index (χ1n) is 15.3. The van der Waals surface area contributed by atoms with Crippen LogP contribution in [0.4, 0.5) is 0 Å². The van der Waals surface area contributed by atoms with E-state index >= 15 is 0 Å². The van der Waals surface area contributed by atoms with Gasteiger partial charge in [-0.15, -0.1) is 0 Å². The Morgan fingerprint density at radius 2 is 2.03 bits per heavy atom. The lowest BCUT2D eigenvalue weighted by Crippen LogP contribution is -2.52. The van der Waals surface area contributed by atoms with Gasteiger partial charge in [-0.1, -0.05) is 37.5 Å². The fourth-order valence-electron chi connectivity index (χ4n) is 10.1. The Bertz CT molecular complexity index is 972. The molecule has 0 aromatic heterocycles. The van der Waals surface area contributed by atoms with Gasteiger partial charge in [-0.05, 0) is 93.5 Å². The highest BCUT2D eigenvalue weighted by molar-refractivity contribution is 5.91. The number of aliphatic hydroxyl groups is 1. The third-order valence-electron chi connectivity index (χ3n) is 11.9. The molecule has 4 fully saturated rings. The highest BCUT2D eigenvalue weighted by Gasteiger charge is 2.59. The topological polar surface area (TPSA) is 59.0 Å². The predicted octanol–water partition coefficient (Wildman–Crippen LogP) is 5.32. The molecule has 1 N–H and O–H groups in total. The number of piperidine rings is 1. The van der Waals surface area contributed by atoms with E-state index in [-0.39, 0.29) is 17.6 Å². The lowest BCUT2D eigenvalue weighted by Gasteiger charge is -2.48. The Kier molecular flexibility index (Phi) is 7.00. The van der Waals surface area contributed by atoms with Crippen LogP contribution in [0.2, 0.25) is 0 Å². The Balaban J connectivity index is 1.23. The molecule has 2 saturated heterocycles. The van der Waals surface area contributed by atoms with Crippen molar-refractivity contribution in [3.05, 3.63) is 22.8 Å². The Morgan fingerprint density at radius 3 is 2.84 bits per heavy atom. The number of ketones is 1. The molecule has 1 spiro atoms. The van der Waals surface area contributed by atoms with Gasteiger partial charge in [0.2, 0.25) is 0 Å². The minimum Gasteiger partial charge on any atom is -0.394 e. The minimum absolute atomic E-state index is 0.0403. The second-order valence-corrected chi connectivity index (χ2v) is 13.9. The largest absolute Gasteiger partial charge is 0.394 e. The van der Waals surface area contributed by atoms with Crippen LogP contribution in [0.1, 0.15) is 85.5 Å². The molecule has 0 radical (unpaired) electrons. The monoisotopic (exact) mass is 511 g/mol. The maximum atomic E-state index is 12.2. The molecular weight excluding hydrogens is 462 g/mol. The minimum atomic E-state index is -0.0403. The molecule has 0 amide bonds. The van der Waals surface area contributed by atoms with E-state index in [1.54, 1.807) is 11.1 Å². The van der Waals surface area contributed by atoms with Crippen LogP contribution in [0, 0.1) is 35.0 Å². The summed E-state index contributed by atoms with van der Waals surface area (Å²) in [6.45, 7) is 13.0. The highest BCUT2D eigenvalue weighted by Crippen LogP contribution is 2.64. The summed E-state index contributed by atoms with van der Waals surface area (Å²) in [5.41, 5.74) is 5.04. The van der Waals surface area contributed by atoms with Crippen LogP contribution in [0.25, 0.3) is 0 Å². The van der Waals surface area contributed by atoms with Gasteiger partial charge in [-0.25, -0.2) is 0 Å². The summed E-state index contributed by atoms with van der Waals surface area (Å²) in [6, 6.07) is 0.471. The quantitative estimate of drug-likeness (QED) is 0.400. The van der Waals surface area contributed by atoms with Crippen LogP contribution in [0.5, 0.6) is 0 Å². The van der Waals surface area contributed by atoms with E-state index in [1.807, 2.05) is 6.08 Å². The van der Waals surface area contributed by atoms with Gasteiger partial charge in [0, 0.05) is 31.5 Å². The van der Waals surface area contributed by atoms with Crippen molar-refractivity contribution in [2.24, 2.45) is 35.0 Å². The summed E-state index contributed by atoms with van der Waals surface area (Å²) in [5.74, 6) is 3.70. The van der Waals surface area contributed by atoms with Crippen molar-refractivity contribution in [2.75, 3.05) is 32.9 Å². The summed E-state index contributed by atoms with van der Waals surface area (Å²) < 4.78 is 12.9. The number of likely N-dealkylation sites (tertiary alicyclic amines) is 1. The number of rotatable bonds is 5. The van der Waals surface area contributed by atoms with Crippen molar-refractivity contribution in [3.8, 4) is 0 Å². The lowest BCUT2D eigenvalue weighted by atomic mass is 9.56. The molecule has 2 saturated carbocycles. The summed E-state index contributed by atoms with van der Waals surface area (Å²) in [5, 5.41) is 9.10. The maximum Gasteiger partial charge on any atom is 0.155 e. The van der Waals surface area contributed by atoms with E-state index in [0.29, 0.717) is 54.8 Å². The first-order valence-corrected chi connectivity index (χ1v) is 15.3. The highest BCUT2D eigenvalue weighted by atomic mass is 16.5. The molecule has 4 aliphatic carbocycles. The van der Waals surface area contributed by atoms with E-state index in [1.165, 1.54) is 37.7 Å². The molecule has 0 aromatic rings. The molecule has 0 bridgehead atoms. The number of allylic oxidation sites excluding steroid dienone is 3. The van der Waals surface area contributed by atoms with Crippen LogP contribution >= 0.6 is 0 Å². The van der Waals surface area contributed by atoms with Crippen LogP contribution in [-0.4, -0.2) is 66.4 Å². The van der Waals surface area contributed by atoms with E-state index in [2.05, 4.69) is 32.6 Å². The molecule has 9 atom stereocenters. The number of hydrogen-bond donors (Lipinski definition) is 1. The van der Waals surface area contributed by atoms with Crippen molar-refractivity contribution >= 4 is 5.78 Å². The second kappa shape index (κ2) is 9.87. The molecule has 2 aliphatic heterocycles. The third-order valence-corrected chi connectivity index (χ3v) is 11.9. The molecule has 1 unspecified atom stereocenters. The summed E-state index contributed by atoms with van der Waals surface area (Å²) in [6.07, 6.45) is 12.5. The average molecular weight is 512 g/mol. The molecule has 6 aliphatic rings. The number of carbonyl (C=O) groups is 1. The molecule has 5 heteroatoms. The van der Waals surface area contributed by atoms with Crippen molar-refractivity contribution < 1.29 is 19.4 Å². The molecule has 2 heterocycles. The lowest BCUT2D eigenvalue weighted by molar-refractivity contribution is -0.116. The summed E-state index contributed by atoms with van der Waals surface area (Å²) >= 11 is 0. The van der Waals surface area contributed by atoms with E-state index < -0.39 is 0 Å². The summed E-state index contributed by atoms with van der Waals surface area (Å²) in [7, 11) is 0. The van der Waals surface area contributed by atoms with E-state index in [0.717, 1.165) is 44.7 Å². The molecule has 5 nitrogen and oxygen atoms in total. The maximum absolute atomic E-state index is 12.2. The van der Waals surface area contributed by atoms with Crippen LogP contribution < -0.4 is 0 Å². The van der Waals surface area contributed by atoms with E-state index in [4.69, 9.17) is 14.6 Å². The van der Waals surface area contributed by atoms with E-state index in [9.17, 15) is 4.79 Å². The van der Waals surface area contributed by atoms with Crippen molar-refractivity contribution in [2.45, 2.75) is 103 Å². The summed E-state index contributed by atoms with van der Waals surface area (Å²) in [4.78, 5) is 14.8. The van der Waals surface area contributed by atoms with Gasteiger partial charge < -0.3 is 14.6 Å². The van der Waals surface area contributed by atoms with Gasteiger partial charge in [0.1, 0.15) is 0 Å². The van der Waals surface area contributed by atoms with Gasteiger partial charge in [-0.3, -0.25) is 9.69 Å². The van der Waals surface area contributed by atoms with Crippen LogP contribution in [0.15, 0.2) is 22.8 Å². The Hall–Kier alpha value is -1.01. The van der Waals surface area contributed by atoms with Gasteiger partial charge in [0.25, 0.3) is 0 Å². The van der Waals surface area contributed by atoms with Gasteiger partial charge >= 0.3 is 0 Å². The standard InChI is InChI=1S/C32H49NO4/c1-20-15-29-30(33(19-20)11-13-36-14-12-34)22(3)32(37-29)10-8-25-26-6-5-23-16-24(35)7-9-31(23,4)28(26)17-27(25)21(2)18-32/h16,20,22,25-26,28-30,34H,5-15,17-19H2,1-4H3/t20-,22+,25-,26?,28-,29+,30-,31-,32-/m0/s1. The van der Waals surface area contributed by atoms with Crippen LogP contribution in [-0.2, 0) is 14.3 Å². The molecule has 6 rings (SSSR count). The number of carbonyl (C=O) groups excluding carboxylic acids is 1. The smallest absolute Gasteiger partial charge is 0.155 e. The fourth-order valence-corrected chi connectivity index (χ4v) is 10.1. The van der Waals surface area contributed by atoms with Crippen LogP contribution in [0.3, 0.4) is 0 Å². The second-order valence-electron chi connectivity index (χ2n) is 13.9. The number of hydrogen-bond acceptors (Lipinski definition) is 5. The zero-order valence-electron chi connectivity index (χ0n) is 23.6. The Morgan fingerprint density at radius 1 is 1.19 bits per heavy atom. The zero-order valence-corrected chi connectivity index (χ0v) is 23.6. The Labute approximate surface area is 224 Å². The van der Waals surface area contributed by atoms with Gasteiger partial charge in [0.15, 0.2) is 5.78 Å². The average Bonchev–Trinajstić information content (AvgIpc) is 3.32. The van der Waals surface area contributed by atoms with Crippen molar-refractivity contribution in [1.82, 2.24) is 4.90 Å². The number of ether oxygens (including phenoxy) is 2. The third kappa shape index (κ3) is 4.31.